The molecule has 0 spiro atoms. The number of rotatable bonds is 4. The van der Waals surface area contributed by atoms with Gasteiger partial charge in [0, 0.05) is 17.2 Å². The maximum Gasteiger partial charge on any atom is 0.149 e. The first kappa shape index (κ1) is 14.2. The standard InChI is InChI=1S/C18H19NO/c1-2-17(19)16-12-6-7-13-18(16)20-14-8-11-15-9-4-3-5-10-15/h3-7,9-10,12-13,17H,2,14,19H2,1H3. The molecule has 1 atom stereocenters. The second-order valence-electron chi connectivity index (χ2n) is 4.51. The van der Waals surface area contributed by atoms with Crippen molar-refractivity contribution in [2.24, 2.45) is 5.73 Å². The molecule has 2 aromatic carbocycles. The Morgan fingerprint density at radius 2 is 1.75 bits per heavy atom. The Balaban J connectivity index is 2.00. The minimum Gasteiger partial charge on any atom is -0.481 e. The molecule has 0 saturated carbocycles. The summed E-state index contributed by atoms with van der Waals surface area (Å²) in [6, 6.07) is 17.8. The van der Waals surface area contributed by atoms with Crippen molar-refractivity contribution in [1.29, 1.82) is 0 Å². The van der Waals surface area contributed by atoms with Crippen LogP contribution in [-0.2, 0) is 0 Å². The van der Waals surface area contributed by atoms with Crippen LogP contribution in [0.2, 0.25) is 0 Å². The zero-order valence-electron chi connectivity index (χ0n) is 11.7. The summed E-state index contributed by atoms with van der Waals surface area (Å²) in [5, 5.41) is 0. The molecule has 0 aliphatic rings. The van der Waals surface area contributed by atoms with Crippen LogP contribution in [0.25, 0.3) is 0 Å². The van der Waals surface area contributed by atoms with Crippen LogP contribution < -0.4 is 10.5 Å². The molecule has 0 aliphatic carbocycles. The maximum absolute atomic E-state index is 6.07. The molecule has 0 radical (unpaired) electrons. The lowest BCUT2D eigenvalue weighted by Crippen LogP contribution is -2.10. The molecule has 2 N–H and O–H groups in total. The van der Waals surface area contributed by atoms with Gasteiger partial charge < -0.3 is 10.5 Å². The molecule has 0 fully saturated rings. The van der Waals surface area contributed by atoms with Crippen molar-refractivity contribution in [2.45, 2.75) is 19.4 Å². The molecule has 2 nitrogen and oxygen atoms in total. The van der Waals surface area contributed by atoms with Crippen molar-refractivity contribution >= 4 is 0 Å². The summed E-state index contributed by atoms with van der Waals surface area (Å²) in [5.74, 6) is 6.92. The number of nitrogens with two attached hydrogens (primary N) is 1. The predicted molar refractivity (Wildman–Crippen MR) is 82.5 cm³/mol. The van der Waals surface area contributed by atoms with E-state index in [1.54, 1.807) is 0 Å². The summed E-state index contributed by atoms with van der Waals surface area (Å²) in [5.41, 5.74) is 8.11. The smallest absolute Gasteiger partial charge is 0.149 e. The summed E-state index contributed by atoms with van der Waals surface area (Å²) in [4.78, 5) is 0. The van der Waals surface area contributed by atoms with E-state index in [4.69, 9.17) is 10.5 Å². The Labute approximate surface area is 120 Å². The molecule has 2 aromatic rings. The third-order valence-electron chi connectivity index (χ3n) is 3.06. The minimum atomic E-state index is 0.00767. The van der Waals surface area contributed by atoms with Gasteiger partial charge >= 0.3 is 0 Å². The largest absolute Gasteiger partial charge is 0.481 e. The molecule has 102 valence electrons. The molecule has 0 aromatic heterocycles. The number of benzene rings is 2. The highest BCUT2D eigenvalue weighted by Crippen LogP contribution is 2.25. The molecule has 0 heterocycles. The molecule has 0 saturated heterocycles. The van der Waals surface area contributed by atoms with Crippen LogP contribution in [-0.4, -0.2) is 6.61 Å². The number of para-hydroxylation sites is 1. The highest BCUT2D eigenvalue weighted by Gasteiger charge is 2.08. The van der Waals surface area contributed by atoms with Gasteiger partial charge in [-0.3, -0.25) is 0 Å². The van der Waals surface area contributed by atoms with Gasteiger partial charge in [0.2, 0.25) is 0 Å². The average Bonchev–Trinajstić information content (AvgIpc) is 2.52. The quantitative estimate of drug-likeness (QED) is 0.858. The predicted octanol–water partition coefficient (Wildman–Crippen LogP) is 3.53. The SMILES string of the molecule is CCC(N)c1ccccc1OCC#Cc1ccccc1. The maximum atomic E-state index is 6.07. The first-order valence-corrected chi connectivity index (χ1v) is 6.82. The zero-order chi connectivity index (χ0) is 14.2. The normalized spacial score (nSPS) is 11.3. The van der Waals surface area contributed by atoms with Gasteiger partial charge in [0.05, 0.1) is 0 Å². The molecule has 0 amide bonds. The van der Waals surface area contributed by atoms with Gasteiger partial charge in [-0.2, -0.15) is 0 Å². The third kappa shape index (κ3) is 3.88. The molecule has 2 heteroatoms. The minimum absolute atomic E-state index is 0.00767. The zero-order valence-corrected chi connectivity index (χ0v) is 11.7. The van der Waals surface area contributed by atoms with Crippen molar-refractivity contribution in [3.05, 3.63) is 65.7 Å². The van der Waals surface area contributed by atoms with Crippen molar-refractivity contribution < 1.29 is 4.74 Å². The highest BCUT2D eigenvalue weighted by molar-refractivity contribution is 5.37. The van der Waals surface area contributed by atoms with E-state index >= 15 is 0 Å². The molecule has 0 aliphatic heterocycles. The third-order valence-corrected chi connectivity index (χ3v) is 3.06. The van der Waals surface area contributed by atoms with E-state index in [0.717, 1.165) is 23.3 Å². The lowest BCUT2D eigenvalue weighted by Gasteiger charge is -2.14. The van der Waals surface area contributed by atoms with Crippen LogP contribution >= 0.6 is 0 Å². The van der Waals surface area contributed by atoms with E-state index < -0.39 is 0 Å². The van der Waals surface area contributed by atoms with E-state index in [9.17, 15) is 0 Å². The molecular formula is C18H19NO. The molecule has 2 rings (SSSR count). The fraction of sp³-hybridized carbons (Fsp3) is 0.222. The lowest BCUT2D eigenvalue weighted by atomic mass is 10.0. The summed E-state index contributed by atoms with van der Waals surface area (Å²) >= 11 is 0. The van der Waals surface area contributed by atoms with Gasteiger partial charge in [-0.1, -0.05) is 55.2 Å². The Morgan fingerprint density at radius 3 is 2.50 bits per heavy atom. The van der Waals surface area contributed by atoms with Crippen molar-refractivity contribution in [1.82, 2.24) is 0 Å². The first-order valence-electron chi connectivity index (χ1n) is 6.82. The molecule has 0 bridgehead atoms. The van der Waals surface area contributed by atoms with E-state index in [-0.39, 0.29) is 6.04 Å². The Bertz CT molecular complexity index is 596. The van der Waals surface area contributed by atoms with E-state index in [0.29, 0.717) is 6.61 Å². The van der Waals surface area contributed by atoms with Crippen molar-refractivity contribution in [3.63, 3.8) is 0 Å². The van der Waals surface area contributed by atoms with E-state index in [1.807, 2.05) is 54.6 Å². The van der Waals surface area contributed by atoms with Gasteiger partial charge in [-0.25, -0.2) is 0 Å². The van der Waals surface area contributed by atoms with Crippen molar-refractivity contribution in [2.75, 3.05) is 6.61 Å². The fourth-order valence-electron chi connectivity index (χ4n) is 1.91. The monoisotopic (exact) mass is 265 g/mol. The highest BCUT2D eigenvalue weighted by atomic mass is 16.5. The molecular weight excluding hydrogens is 246 g/mol. The Hall–Kier alpha value is -2.24. The topological polar surface area (TPSA) is 35.2 Å². The van der Waals surface area contributed by atoms with E-state index in [1.165, 1.54) is 0 Å². The van der Waals surface area contributed by atoms with Crippen LogP contribution in [0.4, 0.5) is 0 Å². The van der Waals surface area contributed by atoms with E-state index in [2.05, 4.69) is 18.8 Å². The Morgan fingerprint density at radius 1 is 1.05 bits per heavy atom. The second kappa shape index (κ2) is 7.37. The molecule has 1 unspecified atom stereocenters. The second-order valence-corrected chi connectivity index (χ2v) is 4.51. The van der Waals surface area contributed by atoms with Crippen LogP contribution in [0.15, 0.2) is 54.6 Å². The number of ether oxygens (including phenoxy) is 1. The van der Waals surface area contributed by atoms with Gasteiger partial charge in [0.1, 0.15) is 12.4 Å². The summed E-state index contributed by atoms with van der Waals surface area (Å²) < 4.78 is 5.73. The van der Waals surface area contributed by atoms with Gasteiger partial charge in [0.15, 0.2) is 0 Å². The van der Waals surface area contributed by atoms with Crippen LogP contribution in [0.1, 0.15) is 30.5 Å². The lowest BCUT2D eigenvalue weighted by molar-refractivity contribution is 0.362. The Kier molecular flexibility index (Phi) is 5.23. The van der Waals surface area contributed by atoms with Crippen molar-refractivity contribution in [3.8, 4) is 17.6 Å². The summed E-state index contributed by atoms with van der Waals surface area (Å²) in [7, 11) is 0. The van der Waals surface area contributed by atoms with Gasteiger partial charge in [0.25, 0.3) is 0 Å². The van der Waals surface area contributed by atoms with Crippen LogP contribution in [0, 0.1) is 11.8 Å². The van der Waals surface area contributed by atoms with Crippen LogP contribution in [0.3, 0.4) is 0 Å². The number of hydrogen-bond acceptors (Lipinski definition) is 2. The number of hydrogen-bond donors (Lipinski definition) is 1. The first-order chi connectivity index (χ1) is 9.81. The molecule has 20 heavy (non-hydrogen) atoms. The summed E-state index contributed by atoms with van der Waals surface area (Å²) in [6.45, 7) is 2.43. The summed E-state index contributed by atoms with van der Waals surface area (Å²) in [6.07, 6.45) is 0.885. The van der Waals surface area contributed by atoms with Gasteiger partial charge in [-0.15, -0.1) is 0 Å². The fourth-order valence-corrected chi connectivity index (χ4v) is 1.91. The van der Waals surface area contributed by atoms with Crippen LogP contribution in [0.5, 0.6) is 5.75 Å². The van der Waals surface area contributed by atoms with Gasteiger partial charge in [-0.05, 0) is 24.6 Å². The average molecular weight is 265 g/mol.